The van der Waals surface area contributed by atoms with E-state index in [9.17, 15) is 4.79 Å². The fourth-order valence-electron chi connectivity index (χ4n) is 3.79. The summed E-state index contributed by atoms with van der Waals surface area (Å²) >= 11 is 0. The topological polar surface area (TPSA) is 74.9 Å². The predicted molar refractivity (Wildman–Crippen MR) is 143 cm³/mol. The molecule has 0 N–H and O–H groups in total. The summed E-state index contributed by atoms with van der Waals surface area (Å²) in [7, 11) is 1.38. The molecule has 0 aliphatic heterocycles. The zero-order chi connectivity index (χ0) is 26.0. The van der Waals surface area contributed by atoms with Crippen LogP contribution in [-0.2, 0) is 34.0 Å². The van der Waals surface area contributed by atoms with Gasteiger partial charge in [0.25, 0.3) is 0 Å². The van der Waals surface area contributed by atoms with Crippen molar-refractivity contribution in [2.75, 3.05) is 7.11 Å². The number of hydrogen-bond acceptors (Lipinski definition) is 6. The van der Waals surface area contributed by atoms with Crippen molar-refractivity contribution in [3.63, 3.8) is 0 Å². The first-order valence-electron chi connectivity index (χ1n) is 12.1. The summed E-state index contributed by atoms with van der Waals surface area (Å²) in [5.74, 6) is -0.159. The van der Waals surface area contributed by atoms with E-state index in [0.29, 0.717) is 25.3 Å². The molecule has 0 amide bonds. The van der Waals surface area contributed by atoms with Crippen molar-refractivity contribution in [2.45, 2.75) is 33.5 Å². The molecule has 0 aliphatic rings. The normalized spacial score (nSPS) is 12.1. The lowest BCUT2D eigenvalue weighted by Gasteiger charge is -2.15. The molecule has 4 rings (SSSR count). The van der Waals surface area contributed by atoms with Crippen LogP contribution < -0.4 is 4.74 Å². The first-order valence-corrected chi connectivity index (χ1v) is 12.1. The highest BCUT2D eigenvalue weighted by Crippen LogP contribution is 2.19. The minimum absolute atomic E-state index is 0.335. The minimum atomic E-state index is -0.542. The Morgan fingerprint density at radius 2 is 1.65 bits per heavy atom. The lowest BCUT2D eigenvalue weighted by Crippen LogP contribution is -2.26. The van der Waals surface area contributed by atoms with Gasteiger partial charge >= 0.3 is 5.97 Å². The van der Waals surface area contributed by atoms with Crippen LogP contribution in [0.5, 0.6) is 5.75 Å². The number of aryl methyl sites for hydroxylation is 1. The molecule has 0 saturated carbocycles. The van der Waals surface area contributed by atoms with Gasteiger partial charge in [-0.15, -0.1) is 0 Å². The molecule has 3 aromatic carbocycles. The third-order valence-electron chi connectivity index (χ3n) is 5.98. The maximum Gasteiger partial charge on any atom is 0.314 e. The number of nitrogens with zero attached hydrogens (tertiary/aromatic N) is 3. The maximum absolute atomic E-state index is 12.4. The van der Waals surface area contributed by atoms with Gasteiger partial charge in [-0.3, -0.25) is 4.79 Å². The van der Waals surface area contributed by atoms with Crippen LogP contribution in [0.1, 0.15) is 29.2 Å². The number of oxime groups is 1. The monoisotopic (exact) mass is 497 g/mol. The van der Waals surface area contributed by atoms with Crippen LogP contribution in [-0.4, -0.2) is 28.6 Å². The molecule has 0 bridgehead atoms. The summed E-state index contributed by atoms with van der Waals surface area (Å²) in [5, 5.41) is 8.60. The van der Waals surface area contributed by atoms with E-state index in [4.69, 9.17) is 14.3 Å². The molecule has 7 nitrogen and oxygen atoms in total. The van der Waals surface area contributed by atoms with Gasteiger partial charge in [-0.2, -0.15) is 5.10 Å². The van der Waals surface area contributed by atoms with E-state index < -0.39 is 5.92 Å². The number of carbonyl (C=O) groups excluding carboxylic acids is 1. The van der Waals surface area contributed by atoms with Crippen LogP contribution in [0, 0.1) is 12.8 Å². The van der Waals surface area contributed by atoms with Gasteiger partial charge in [0.05, 0.1) is 24.7 Å². The van der Waals surface area contributed by atoms with Crippen LogP contribution in [0.25, 0.3) is 5.69 Å². The van der Waals surface area contributed by atoms with E-state index in [-0.39, 0.29) is 5.97 Å². The summed E-state index contributed by atoms with van der Waals surface area (Å²) < 4.78 is 12.8. The number of carbonyl (C=O) groups is 1. The van der Waals surface area contributed by atoms with Crippen LogP contribution in [0.15, 0.2) is 96.4 Å². The molecule has 4 aromatic rings. The van der Waals surface area contributed by atoms with Crippen LogP contribution in [0.4, 0.5) is 0 Å². The number of benzene rings is 3. The highest BCUT2D eigenvalue weighted by atomic mass is 16.6. The second-order valence-corrected chi connectivity index (χ2v) is 8.83. The van der Waals surface area contributed by atoms with E-state index in [0.717, 1.165) is 28.1 Å². The SMILES string of the molecule is COC(=O)C(Cc1ccc(OCc2cnn(-c3ccc(C)cc3)c2)cc1)/C(C)=N/OCc1ccccc1. The Morgan fingerprint density at radius 3 is 2.35 bits per heavy atom. The van der Waals surface area contributed by atoms with Crippen molar-refractivity contribution < 1.29 is 19.1 Å². The van der Waals surface area contributed by atoms with E-state index in [2.05, 4.69) is 29.3 Å². The fraction of sp³-hybridized carbons (Fsp3) is 0.233. The second-order valence-electron chi connectivity index (χ2n) is 8.83. The zero-order valence-corrected chi connectivity index (χ0v) is 21.3. The van der Waals surface area contributed by atoms with Gasteiger partial charge in [0.15, 0.2) is 0 Å². The summed E-state index contributed by atoms with van der Waals surface area (Å²) in [4.78, 5) is 17.9. The van der Waals surface area contributed by atoms with Crippen molar-refractivity contribution in [2.24, 2.45) is 11.1 Å². The number of methoxy groups -OCH3 is 1. The van der Waals surface area contributed by atoms with Crippen molar-refractivity contribution in [1.82, 2.24) is 9.78 Å². The Hall–Kier alpha value is -4.39. The summed E-state index contributed by atoms with van der Waals surface area (Å²) in [6, 6.07) is 25.6. The third kappa shape index (κ3) is 7.30. The number of rotatable bonds is 11. The largest absolute Gasteiger partial charge is 0.489 e. The first-order chi connectivity index (χ1) is 18.0. The van der Waals surface area contributed by atoms with Crippen molar-refractivity contribution in [3.05, 3.63) is 114 Å². The summed E-state index contributed by atoms with van der Waals surface area (Å²) in [5.41, 5.74) is 5.72. The Kier molecular flexibility index (Phi) is 8.70. The average molecular weight is 498 g/mol. The quantitative estimate of drug-likeness (QED) is 0.151. The molecule has 1 unspecified atom stereocenters. The Bertz CT molecular complexity index is 1310. The van der Waals surface area contributed by atoms with Crippen LogP contribution >= 0.6 is 0 Å². The van der Waals surface area contributed by atoms with E-state index in [1.54, 1.807) is 13.1 Å². The van der Waals surface area contributed by atoms with Gasteiger partial charge in [-0.25, -0.2) is 4.68 Å². The first kappa shape index (κ1) is 25.7. The molecule has 0 radical (unpaired) electrons. The number of esters is 1. The van der Waals surface area contributed by atoms with Crippen molar-refractivity contribution in [3.8, 4) is 11.4 Å². The van der Waals surface area contributed by atoms with Crippen LogP contribution in [0.3, 0.4) is 0 Å². The molecular formula is C30H31N3O4. The molecule has 37 heavy (non-hydrogen) atoms. The lowest BCUT2D eigenvalue weighted by atomic mass is 9.95. The van der Waals surface area contributed by atoms with Gasteiger partial charge < -0.3 is 14.3 Å². The molecule has 1 atom stereocenters. The molecule has 1 heterocycles. The maximum atomic E-state index is 12.4. The van der Waals surface area contributed by atoms with Gasteiger partial charge in [-0.05, 0) is 55.7 Å². The molecule has 0 saturated heterocycles. The Balaban J connectivity index is 1.33. The van der Waals surface area contributed by atoms with Gasteiger partial charge in [0, 0.05) is 11.8 Å². The predicted octanol–water partition coefficient (Wildman–Crippen LogP) is 5.68. The van der Waals surface area contributed by atoms with Gasteiger partial charge in [0.2, 0.25) is 0 Å². The molecular weight excluding hydrogens is 466 g/mol. The smallest absolute Gasteiger partial charge is 0.314 e. The number of aromatic nitrogens is 2. The lowest BCUT2D eigenvalue weighted by molar-refractivity contribution is -0.143. The minimum Gasteiger partial charge on any atom is -0.489 e. The Labute approximate surface area is 217 Å². The van der Waals surface area contributed by atoms with Crippen LogP contribution in [0.2, 0.25) is 0 Å². The number of hydrogen-bond donors (Lipinski definition) is 0. The molecule has 0 spiro atoms. The standard InChI is InChI=1S/C30H31N3O4/c1-22-9-13-27(14-10-22)33-19-26(18-31-33)20-36-28-15-11-24(12-16-28)17-29(30(34)35-3)23(2)32-37-21-25-7-5-4-6-8-25/h4-16,18-19,29H,17,20-21H2,1-3H3/b32-23+. The van der Waals surface area contributed by atoms with E-state index in [1.165, 1.54) is 12.7 Å². The number of ether oxygens (including phenoxy) is 2. The molecule has 190 valence electrons. The highest BCUT2D eigenvalue weighted by Gasteiger charge is 2.23. The Morgan fingerprint density at radius 1 is 0.919 bits per heavy atom. The molecule has 0 fully saturated rings. The summed E-state index contributed by atoms with van der Waals surface area (Å²) in [6.07, 6.45) is 4.21. The highest BCUT2D eigenvalue weighted by molar-refractivity contribution is 6.00. The average Bonchev–Trinajstić information content (AvgIpc) is 3.41. The molecule has 7 heteroatoms. The molecule has 1 aromatic heterocycles. The van der Waals surface area contributed by atoms with E-state index >= 15 is 0 Å². The summed E-state index contributed by atoms with van der Waals surface area (Å²) in [6.45, 7) is 4.58. The molecule has 0 aliphatic carbocycles. The second kappa shape index (κ2) is 12.5. The van der Waals surface area contributed by atoms with E-state index in [1.807, 2.05) is 77.6 Å². The van der Waals surface area contributed by atoms with Crippen molar-refractivity contribution >= 4 is 11.7 Å². The van der Waals surface area contributed by atoms with Gasteiger partial charge in [-0.1, -0.05) is 65.3 Å². The van der Waals surface area contributed by atoms with Gasteiger partial charge in [0.1, 0.15) is 24.9 Å². The van der Waals surface area contributed by atoms with Crippen molar-refractivity contribution in [1.29, 1.82) is 0 Å². The fourth-order valence-corrected chi connectivity index (χ4v) is 3.79. The third-order valence-corrected chi connectivity index (χ3v) is 5.98. The zero-order valence-electron chi connectivity index (χ0n) is 21.3.